The minimum atomic E-state index is 0.116. The van der Waals surface area contributed by atoms with Crippen LogP contribution in [0.25, 0.3) is 0 Å². The van der Waals surface area contributed by atoms with Crippen LogP contribution in [0.4, 0.5) is 5.69 Å². The van der Waals surface area contributed by atoms with Gasteiger partial charge in [0.15, 0.2) is 0 Å². The van der Waals surface area contributed by atoms with Gasteiger partial charge in [-0.2, -0.15) is 5.26 Å². The van der Waals surface area contributed by atoms with E-state index in [1.54, 1.807) is 0 Å². The standard InChI is InChI=1S/C11H11N3/c12-7-9-1-3-11(4-2-9)14-6-5-10(13)8-14/h1-6,10H,8,13H2. The number of benzene rings is 1. The van der Waals surface area contributed by atoms with Crippen LogP contribution < -0.4 is 10.6 Å². The quantitative estimate of drug-likeness (QED) is 0.715. The molecule has 0 bridgehead atoms. The number of hydrogen-bond acceptors (Lipinski definition) is 3. The fraction of sp³-hybridized carbons (Fsp3) is 0.182. The van der Waals surface area contributed by atoms with Gasteiger partial charge in [-0.25, -0.2) is 0 Å². The summed E-state index contributed by atoms with van der Waals surface area (Å²) in [5, 5.41) is 8.64. The molecule has 1 aliphatic heterocycles. The van der Waals surface area contributed by atoms with E-state index in [9.17, 15) is 0 Å². The molecule has 1 atom stereocenters. The third kappa shape index (κ3) is 1.61. The lowest BCUT2D eigenvalue weighted by Gasteiger charge is -2.16. The summed E-state index contributed by atoms with van der Waals surface area (Å²) in [6, 6.07) is 9.70. The van der Waals surface area contributed by atoms with Gasteiger partial charge in [-0.15, -0.1) is 0 Å². The molecule has 0 aromatic heterocycles. The summed E-state index contributed by atoms with van der Waals surface area (Å²) >= 11 is 0. The Hall–Kier alpha value is -1.79. The van der Waals surface area contributed by atoms with Crippen LogP contribution in [0, 0.1) is 11.3 Å². The lowest BCUT2D eigenvalue weighted by molar-refractivity contribution is 0.843. The van der Waals surface area contributed by atoms with E-state index in [4.69, 9.17) is 11.0 Å². The van der Waals surface area contributed by atoms with Gasteiger partial charge in [-0.3, -0.25) is 0 Å². The van der Waals surface area contributed by atoms with E-state index in [0.29, 0.717) is 5.56 Å². The second kappa shape index (κ2) is 3.52. The molecule has 3 nitrogen and oxygen atoms in total. The molecule has 3 heteroatoms. The van der Waals surface area contributed by atoms with E-state index >= 15 is 0 Å². The van der Waals surface area contributed by atoms with Crippen molar-refractivity contribution < 1.29 is 0 Å². The second-order valence-corrected chi connectivity index (χ2v) is 3.32. The normalized spacial score (nSPS) is 19.7. The van der Waals surface area contributed by atoms with Gasteiger partial charge in [-0.1, -0.05) is 0 Å². The van der Waals surface area contributed by atoms with Gasteiger partial charge in [0.05, 0.1) is 11.6 Å². The molecule has 2 rings (SSSR count). The van der Waals surface area contributed by atoms with Crippen LogP contribution in [0.1, 0.15) is 5.56 Å². The highest BCUT2D eigenvalue weighted by Crippen LogP contribution is 2.18. The minimum Gasteiger partial charge on any atom is -0.346 e. The third-order valence-corrected chi connectivity index (χ3v) is 2.25. The number of nitrogens with zero attached hydrogens (tertiary/aromatic N) is 2. The fourth-order valence-electron chi connectivity index (χ4n) is 1.48. The van der Waals surface area contributed by atoms with Gasteiger partial charge in [0, 0.05) is 24.5 Å². The third-order valence-electron chi connectivity index (χ3n) is 2.25. The van der Waals surface area contributed by atoms with Crippen LogP contribution in [0.5, 0.6) is 0 Å². The van der Waals surface area contributed by atoms with Gasteiger partial charge in [0.1, 0.15) is 0 Å². The summed E-state index contributed by atoms with van der Waals surface area (Å²) in [4.78, 5) is 2.08. The molecule has 70 valence electrons. The summed E-state index contributed by atoms with van der Waals surface area (Å²) in [6.45, 7) is 0.811. The summed E-state index contributed by atoms with van der Waals surface area (Å²) < 4.78 is 0. The molecule has 0 aliphatic carbocycles. The molecule has 1 aromatic carbocycles. The fourth-order valence-corrected chi connectivity index (χ4v) is 1.48. The zero-order valence-electron chi connectivity index (χ0n) is 7.72. The molecule has 0 amide bonds. The topological polar surface area (TPSA) is 53.0 Å². The molecule has 0 fully saturated rings. The number of nitriles is 1. The molecule has 0 saturated heterocycles. The van der Waals surface area contributed by atoms with E-state index in [2.05, 4.69) is 11.0 Å². The first-order valence-corrected chi connectivity index (χ1v) is 4.50. The minimum absolute atomic E-state index is 0.116. The van der Waals surface area contributed by atoms with E-state index in [-0.39, 0.29) is 6.04 Å². The predicted octanol–water partition coefficient (Wildman–Crippen LogP) is 1.22. The molecule has 0 saturated carbocycles. The first-order chi connectivity index (χ1) is 6.79. The number of hydrogen-bond donors (Lipinski definition) is 1. The molecule has 1 heterocycles. The maximum absolute atomic E-state index is 8.64. The van der Waals surface area contributed by atoms with Crippen molar-refractivity contribution in [1.82, 2.24) is 0 Å². The molecular weight excluding hydrogens is 174 g/mol. The summed E-state index contributed by atoms with van der Waals surface area (Å²) in [5.41, 5.74) is 7.50. The zero-order valence-corrected chi connectivity index (χ0v) is 7.72. The van der Waals surface area contributed by atoms with Gasteiger partial charge in [-0.05, 0) is 30.3 Å². The first-order valence-electron chi connectivity index (χ1n) is 4.50. The van der Waals surface area contributed by atoms with Crippen molar-refractivity contribution >= 4 is 5.69 Å². The largest absolute Gasteiger partial charge is 0.346 e. The first kappa shape index (κ1) is 8.79. The molecule has 0 spiro atoms. The molecule has 2 N–H and O–H groups in total. The number of rotatable bonds is 1. The Morgan fingerprint density at radius 2 is 2.07 bits per heavy atom. The van der Waals surface area contributed by atoms with Gasteiger partial charge < -0.3 is 10.6 Å². The summed E-state index contributed by atoms with van der Waals surface area (Å²) in [6.07, 6.45) is 3.95. The Kier molecular flexibility index (Phi) is 2.21. The second-order valence-electron chi connectivity index (χ2n) is 3.32. The highest BCUT2D eigenvalue weighted by Gasteiger charge is 2.12. The maximum Gasteiger partial charge on any atom is 0.0991 e. The van der Waals surface area contributed by atoms with Gasteiger partial charge >= 0.3 is 0 Å². The summed E-state index contributed by atoms with van der Waals surface area (Å²) in [5.74, 6) is 0. The molecule has 14 heavy (non-hydrogen) atoms. The molecule has 1 aromatic rings. The van der Waals surface area contributed by atoms with Crippen molar-refractivity contribution in [2.45, 2.75) is 6.04 Å². The monoisotopic (exact) mass is 185 g/mol. The van der Waals surface area contributed by atoms with Crippen molar-refractivity contribution in [3.63, 3.8) is 0 Å². The van der Waals surface area contributed by atoms with Gasteiger partial charge in [0.2, 0.25) is 0 Å². The Balaban J connectivity index is 2.19. The van der Waals surface area contributed by atoms with Crippen molar-refractivity contribution in [1.29, 1.82) is 5.26 Å². The zero-order chi connectivity index (χ0) is 9.97. The van der Waals surface area contributed by atoms with Crippen LogP contribution in [-0.2, 0) is 0 Å². The number of nitrogens with two attached hydrogens (primary N) is 1. The number of anilines is 1. The summed E-state index contributed by atoms with van der Waals surface area (Å²) in [7, 11) is 0. The lowest BCUT2D eigenvalue weighted by Crippen LogP contribution is -2.26. The van der Waals surface area contributed by atoms with Crippen LogP contribution in [-0.4, -0.2) is 12.6 Å². The average Bonchev–Trinajstić information content (AvgIpc) is 2.65. The van der Waals surface area contributed by atoms with Crippen molar-refractivity contribution in [2.24, 2.45) is 5.73 Å². The van der Waals surface area contributed by atoms with Crippen LogP contribution in [0.2, 0.25) is 0 Å². The van der Waals surface area contributed by atoms with Crippen LogP contribution in [0.3, 0.4) is 0 Å². The smallest absolute Gasteiger partial charge is 0.0991 e. The van der Waals surface area contributed by atoms with Crippen LogP contribution in [0.15, 0.2) is 36.5 Å². The molecule has 0 radical (unpaired) electrons. The van der Waals surface area contributed by atoms with E-state index in [1.807, 2.05) is 36.5 Å². The van der Waals surface area contributed by atoms with Crippen molar-refractivity contribution in [3.8, 4) is 6.07 Å². The van der Waals surface area contributed by atoms with E-state index in [1.165, 1.54) is 0 Å². The Morgan fingerprint density at radius 3 is 2.57 bits per heavy atom. The Bertz CT molecular complexity index is 386. The van der Waals surface area contributed by atoms with Crippen molar-refractivity contribution in [3.05, 3.63) is 42.1 Å². The van der Waals surface area contributed by atoms with E-state index < -0.39 is 0 Å². The van der Waals surface area contributed by atoms with Crippen LogP contribution >= 0.6 is 0 Å². The predicted molar refractivity (Wildman–Crippen MR) is 55.6 cm³/mol. The highest BCUT2D eigenvalue weighted by atomic mass is 15.1. The van der Waals surface area contributed by atoms with E-state index in [0.717, 1.165) is 12.2 Å². The average molecular weight is 185 g/mol. The molecule has 1 unspecified atom stereocenters. The highest BCUT2D eigenvalue weighted by molar-refractivity contribution is 5.53. The SMILES string of the molecule is N#Cc1ccc(N2C=CC(N)C2)cc1. The maximum atomic E-state index is 8.64. The van der Waals surface area contributed by atoms with Crippen molar-refractivity contribution in [2.75, 3.05) is 11.4 Å². The van der Waals surface area contributed by atoms with Gasteiger partial charge in [0.25, 0.3) is 0 Å². The molecular formula is C11H11N3. The Morgan fingerprint density at radius 1 is 1.36 bits per heavy atom. The lowest BCUT2D eigenvalue weighted by atomic mass is 10.2. The molecule has 1 aliphatic rings. The Labute approximate surface area is 83.1 Å².